The van der Waals surface area contributed by atoms with Crippen molar-refractivity contribution in [3.05, 3.63) is 18.1 Å². The lowest BCUT2D eigenvalue weighted by Crippen LogP contribution is -2.26. The van der Waals surface area contributed by atoms with Crippen LogP contribution in [0.5, 0.6) is 5.88 Å². The Morgan fingerprint density at radius 2 is 2.24 bits per heavy atom. The summed E-state index contributed by atoms with van der Waals surface area (Å²) in [7, 11) is 4.03. The molecule has 0 unspecified atom stereocenters. The molecule has 0 amide bonds. The Hall–Kier alpha value is -1.20. The van der Waals surface area contributed by atoms with E-state index in [4.69, 9.17) is 4.74 Å². The van der Waals surface area contributed by atoms with Gasteiger partial charge in [0.2, 0.25) is 5.88 Å². The second-order valence-corrected chi connectivity index (χ2v) is 4.44. The summed E-state index contributed by atoms with van der Waals surface area (Å²) in [6, 6.07) is 0.780. The van der Waals surface area contributed by atoms with E-state index in [9.17, 15) is 0 Å². The maximum atomic E-state index is 5.55. The van der Waals surface area contributed by atoms with Crippen molar-refractivity contribution in [2.45, 2.75) is 25.4 Å². The molecule has 1 N–H and O–H groups in total. The number of likely N-dealkylation sites (N-methyl/N-ethyl adjacent to an activating group) is 1. The van der Waals surface area contributed by atoms with Gasteiger partial charge in [0, 0.05) is 19.1 Å². The molecule has 1 aromatic rings. The largest absolute Gasteiger partial charge is 0.475 e. The smallest absolute Gasteiger partial charge is 0.232 e. The lowest BCUT2D eigenvalue weighted by atomic mass is 10.4. The third-order valence-electron chi connectivity index (χ3n) is 2.90. The van der Waals surface area contributed by atoms with Crippen molar-refractivity contribution >= 4 is 0 Å². The Bertz CT molecular complexity index is 337. The van der Waals surface area contributed by atoms with Gasteiger partial charge < -0.3 is 15.0 Å². The van der Waals surface area contributed by atoms with Crippen molar-refractivity contribution in [2.75, 3.05) is 27.2 Å². The Labute approximate surface area is 102 Å². The van der Waals surface area contributed by atoms with Gasteiger partial charge in [-0.15, -0.1) is 0 Å². The second-order valence-electron chi connectivity index (χ2n) is 4.44. The summed E-state index contributed by atoms with van der Waals surface area (Å²) < 4.78 is 5.55. The number of ether oxygens (including phenoxy) is 1. The molecule has 0 atom stereocenters. The Morgan fingerprint density at radius 1 is 1.41 bits per heavy atom. The molecule has 1 aliphatic rings. The fourth-order valence-corrected chi connectivity index (χ4v) is 1.68. The van der Waals surface area contributed by atoms with Crippen LogP contribution in [0.25, 0.3) is 0 Å². The summed E-state index contributed by atoms with van der Waals surface area (Å²) in [5.74, 6) is 0.606. The van der Waals surface area contributed by atoms with Crippen LogP contribution in [0, 0.1) is 0 Å². The minimum Gasteiger partial charge on any atom is -0.475 e. The van der Waals surface area contributed by atoms with E-state index in [-0.39, 0.29) is 0 Å². The summed E-state index contributed by atoms with van der Waals surface area (Å²) in [5.41, 5.74) is 0.926. The molecule has 1 aromatic heterocycles. The highest BCUT2D eigenvalue weighted by Crippen LogP contribution is 2.24. The average Bonchev–Trinajstić information content (AvgIpc) is 3.15. The van der Waals surface area contributed by atoms with E-state index in [1.807, 2.05) is 7.05 Å². The number of nitrogens with one attached hydrogen (secondary N) is 1. The lowest BCUT2D eigenvalue weighted by molar-refractivity contribution is 0.225. The fraction of sp³-hybridized carbons (Fsp3) is 0.667. The van der Waals surface area contributed by atoms with Crippen LogP contribution in [-0.4, -0.2) is 48.2 Å². The summed E-state index contributed by atoms with van der Waals surface area (Å²) >= 11 is 0. The monoisotopic (exact) mass is 236 g/mol. The molecule has 5 nitrogen and oxygen atoms in total. The van der Waals surface area contributed by atoms with Crippen molar-refractivity contribution in [3.63, 3.8) is 0 Å². The van der Waals surface area contributed by atoms with Crippen LogP contribution in [0.15, 0.2) is 12.4 Å². The highest BCUT2D eigenvalue weighted by Gasteiger charge is 2.25. The zero-order valence-corrected chi connectivity index (χ0v) is 10.5. The van der Waals surface area contributed by atoms with Gasteiger partial charge in [-0.3, -0.25) is 4.98 Å². The van der Waals surface area contributed by atoms with Crippen LogP contribution in [0.4, 0.5) is 0 Å². The van der Waals surface area contributed by atoms with E-state index in [0.717, 1.165) is 24.8 Å². The Kier molecular flexibility index (Phi) is 4.28. The first kappa shape index (κ1) is 12.3. The van der Waals surface area contributed by atoms with E-state index >= 15 is 0 Å². The van der Waals surface area contributed by atoms with Crippen LogP contribution in [0.1, 0.15) is 18.5 Å². The van der Waals surface area contributed by atoms with E-state index in [1.54, 1.807) is 12.4 Å². The van der Waals surface area contributed by atoms with Crippen molar-refractivity contribution in [1.29, 1.82) is 0 Å². The molecule has 1 aliphatic carbocycles. The molecule has 1 saturated carbocycles. The molecule has 0 saturated heterocycles. The zero-order valence-electron chi connectivity index (χ0n) is 10.5. The maximum absolute atomic E-state index is 5.55. The maximum Gasteiger partial charge on any atom is 0.232 e. The number of aromatic nitrogens is 2. The number of nitrogens with zero attached hydrogens (tertiary/aromatic N) is 3. The van der Waals surface area contributed by atoms with Crippen molar-refractivity contribution in [2.24, 2.45) is 0 Å². The van der Waals surface area contributed by atoms with E-state index in [2.05, 4.69) is 27.2 Å². The lowest BCUT2D eigenvalue weighted by Gasteiger charge is -2.15. The van der Waals surface area contributed by atoms with E-state index in [1.165, 1.54) is 12.8 Å². The zero-order chi connectivity index (χ0) is 12.1. The Balaban J connectivity index is 1.70. The van der Waals surface area contributed by atoms with Crippen LogP contribution in [0.2, 0.25) is 0 Å². The topological polar surface area (TPSA) is 50.3 Å². The minimum absolute atomic E-state index is 0.606. The molecule has 0 bridgehead atoms. The van der Waals surface area contributed by atoms with Gasteiger partial charge in [-0.1, -0.05) is 0 Å². The quantitative estimate of drug-likeness (QED) is 0.754. The van der Waals surface area contributed by atoms with Gasteiger partial charge in [0.25, 0.3) is 0 Å². The van der Waals surface area contributed by atoms with Crippen LogP contribution in [-0.2, 0) is 6.54 Å². The minimum atomic E-state index is 0.606. The molecule has 94 valence electrons. The van der Waals surface area contributed by atoms with Gasteiger partial charge in [0.05, 0.1) is 18.1 Å². The molecule has 5 heteroatoms. The molecule has 1 heterocycles. The van der Waals surface area contributed by atoms with Crippen molar-refractivity contribution in [1.82, 2.24) is 20.2 Å². The fourth-order valence-electron chi connectivity index (χ4n) is 1.68. The highest BCUT2D eigenvalue weighted by molar-refractivity contribution is 5.07. The average molecular weight is 236 g/mol. The highest BCUT2D eigenvalue weighted by atomic mass is 16.5. The van der Waals surface area contributed by atoms with Gasteiger partial charge >= 0.3 is 0 Å². The second kappa shape index (κ2) is 5.93. The molecule has 0 aromatic carbocycles. The van der Waals surface area contributed by atoms with Gasteiger partial charge in [0.15, 0.2) is 0 Å². The molecule has 2 rings (SSSR count). The molecule has 17 heavy (non-hydrogen) atoms. The van der Waals surface area contributed by atoms with E-state index < -0.39 is 0 Å². The first-order valence-electron chi connectivity index (χ1n) is 6.08. The molecular formula is C12H20N4O. The van der Waals surface area contributed by atoms with Crippen molar-refractivity contribution in [3.8, 4) is 5.88 Å². The van der Waals surface area contributed by atoms with Gasteiger partial charge in [-0.05, 0) is 26.9 Å². The van der Waals surface area contributed by atoms with Crippen molar-refractivity contribution < 1.29 is 4.74 Å². The number of hydrogen-bond donors (Lipinski definition) is 1. The van der Waals surface area contributed by atoms with Gasteiger partial charge in [-0.2, -0.15) is 0 Å². The standard InChI is InChI=1S/C12H20N4O/c1-13-7-10-8-15-12(9-14-10)17-6-5-16(2)11-3-4-11/h8-9,11,13H,3-7H2,1-2H3. The molecule has 1 fully saturated rings. The molecular weight excluding hydrogens is 216 g/mol. The molecule has 0 aliphatic heterocycles. The summed E-state index contributed by atoms with van der Waals surface area (Å²) in [4.78, 5) is 10.8. The van der Waals surface area contributed by atoms with Gasteiger partial charge in [-0.25, -0.2) is 4.98 Å². The third-order valence-corrected chi connectivity index (χ3v) is 2.90. The predicted octanol–water partition coefficient (Wildman–Crippen LogP) is 0.669. The first-order valence-corrected chi connectivity index (χ1v) is 6.08. The Morgan fingerprint density at radius 3 is 2.82 bits per heavy atom. The summed E-state index contributed by atoms with van der Waals surface area (Å²) in [6.07, 6.45) is 6.09. The number of hydrogen-bond acceptors (Lipinski definition) is 5. The normalized spacial score (nSPS) is 15.2. The summed E-state index contributed by atoms with van der Waals surface area (Å²) in [6.45, 7) is 2.36. The van der Waals surface area contributed by atoms with Gasteiger partial charge in [0.1, 0.15) is 6.61 Å². The van der Waals surface area contributed by atoms with Crippen LogP contribution >= 0.6 is 0 Å². The molecule has 0 radical (unpaired) electrons. The third kappa shape index (κ3) is 3.94. The predicted molar refractivity (Wildman–Crippen MR) is 65.9 cm³/mol. The number of rotatable bonds is 7. The van der Waals surface area contributed by atoms with Crippen LogP contribution < -0.4 is 10.1 Å². The SMILES string of the molecule is CNCc1cnc(OCCN(C)C2CC2)cn1. The van der Waals surface area contributed by atoms with Crippen LogP contribution in [0.3, 0.4) is 0 Å². The first-order chi connectivity index (χ1) is 8.29. The summed E-state index contributed by atoms with van der Waals surface area (Å²) in [5, 5.41) is 3.03. The van der Waals surface area contributed by atoms with E-state index in [0.29, 0.717) is 12.5 Å². The molecule has 0 spiro atoms.